The second-order valence-electron chi connectivity index (χ2n) is 6.04. The monoisotopic (exact) mass is 396 g/mol. The van der Waals surface area contributed by atoms with Crippen LogP contribution in [0.15, 0.2) is 36.9 Å². The molecule has 0 aliphatic rings. The van der Waals surface area contributed by atoms with Gasteiger partial charge >= 0.3 is 0 Å². The molecule has 0 spiro atoms. The molecule has 9 heteroatoms. The fourth-order valence-corrected chi connectivity index (χ4v) is 3.82. The summed E-state index contributed by atoms with van der Waals surface area (Å²) >= 11 is 1.67. The van der Waals surface area contributed by atoms with Crippen LogP contribution >= 0.6 is 11.3 Å². The number of aryl methyl sites for hydroxylation is 1. The topological polar surface area (TPSA) is 87.0 Å². The molecule has 1 aromatic carbocycles. The lowest BCUT2D eigenvalue weighted by Gasteiger charge is -2.11. The summed E-state index contributed by atoms with van der Waals surface area (Å²) in [6.07, 6.45) is 4.01. The second kappa shape index (κ2) is 7.81. The Balaban J connectivity index is 1.68. The van der Waals surface area contributed by atoms with E-state index in [1.165, 1.54) is 11.2 Å². The van der Waals surface area contributed by atoms with Gasteiger partial charge in [0.1, 0.15) is 23.3 Å². The number of fused-ring (bicyclic) bond motifs is 1. The molecule has 0 bridgehead atoms. The van der Waals surface area contributed by atoms with Gasteiger partial charge < -0.3 is 14.8 Å². The van der Waals surface area contributed by atoms with Gasteiger partial charge in [-0.05, 0) is 30.2 Å². The number of hydrogen-bond donors (Lipinski definition) is 1. The van der Waals surface area contributed by atoms with Gasteiger partial charge in [0.15, 0.2) is 11.5 Å². The van der Waals surface area contributed by atoms with Crippen LogP contribution in [0.5, 0.6) is 11.5 Å². The van der Waals surface area contributed by atoms with E-state index in [4.69, 9.17) is 9.47 Å². The molecule has 0 atom stereocenters. The van der Waals surface area contributed by atoms with Crippen LogP contribution in [0.4, 0.5) is 5.82 Å². The molecule has 4 rings (SSSR count). The van der Waals surface area contributed by atoms with E-state index in [2.05, 4.69) is 38.4 Å². The van der Waals surface area contributed by atoms with Gasteiger partial charge in [-0.2, -0.15) is 19.7 Å². The van der Waals surface area contributed by atoms with Crippen molar-refractivity contribution in [2.24, 2.45) is 0 Å². The van der Waals surface area contributed by atoms with Crippen LogP contribution in [-0.4, -0.2) is 39.0 Å². The third-order valence-corrected chi connectivity index (χ3v) is 5.49. The van der Waals surface area contributed by atoms with E-state index in [1.54, 1.807) is 36.6 Å². The minimum Gasteiger partial charge on any atom is -0.493 e. The number of benzene rings is 1. The molecule has 0 saturated carbocycles. The third-order valence-electron chi connectivity index (χ3n) is 4.31. The maximum atomic E-state index is 5.39. The molecule has 1 N–H and O–H groups in total. The highest BCUT2D eigenvalue weighted by molar-refractivity contribution is 7.18. The Labute approximate surface area is 166 Å². The maximum absolute atomic E-state index is 5.39. The highest BCUT2D eigenvalue weighted by atomic mass is 32.1. The van der Waals surface area contributed by atoms with Crippen molar-refractivity contribution < 1.29 is 9.47 Å². The van der Waals surface area contributed by atoms with Crippen LogP contribution in [0, 0.1) is 0 Å². The molecule has 3 aromatic heterocycles. The van der Waals surface area contributed by atoms with Crippen LogP contribution < -0.4 is 14.8 Å². The van der Waals surface area contributed by atoms with Crippen LogP contribution in [0.25, 0.3) is 16.2 Å². The number of aromatic nitrogens is 5. The third kappa shape index (κ3) is 3.48. The van der Waals surface area contributed by atoms with Crippen molar-refractivity contribution >= 4 is 27.4 Å². The minimum absolute atomic E-state index is 0.490. The first kappa shape index (κ1) is 18.2. The highest BCUT2D eigenvalue weighted by Gasteiger charge is 2.13. The maximum Gasteiger partial charge on any atom is 0.255 e. The quantitative estimate of drug-likeness (QED) is 0.512. The number of thiophene rings is 1. The van der Waals surface area contributed by atoms with Crippen LogP contribution in [0.1, 0.15) is 17.4 Å². The number of nitrogens with one attached hydrogen (secondary N) is 1. The zero-order chi connectivity index (χ0) is 19.5. The van der Waals surface area contributed by atoms with Gasteiger partial charge in [0, 0.05) is 11.4 Å². The lowest BCUT2D eigenvalue weighted by Crippen LogP contribution is -2.07. The van der Waals surface area contributed by atoms with Gasteiger partial charge in [-0.25, -0.2) is 4.98 Å². The summed E-state index contributed by atoms with van der Waals surface area (Å²) in [6.45, 7) is 2.72. The number of rotatable bonds is 7. The fourth-order valence-electron chi connectivity index (χ4n) is 2.86. The van der Waals surface area contributed by atoms with Crippen LogP contribution in [-0.2, 0) is 13.0 Å². The van der Waals surface area contributed by atoms with Crippen LogP contribution in [0.3, 0.4) is 0 Å². The number of methoxy groups -OCH3 is 2. The summed E-state index contributed by atoms with van der Waals surface area (Å²) in [5.41, 5.74) is 1.05. The molecule has 4 aromatic rings. The largest absolute Gasteiger partial charge is 0.493 e. The average molecular weight is 396 g/mol. The smallest absolute Gasteiger partial charge is 0.255 e. The zero-order valence-electron chi connectivity index (χ0n) is 15.8. The highest BCUT2D eigenvalue weighted by Crippen LogP contribution is 2.31. The van der Waals surface area contributed by atoms with E-state index < -0.39 is 0 Å². The van der Waals surface area contributed by atoms with E-state index in [0.717, 1.165) is 28.0 Å². The molecule has 3 heterocycles. The lowest BCUT2D eigenvalue weighted by molar-refractivity contribution is 0.354. The van der Waals surface area contributed by atoms with Crippen molar-refractivity contribution in [1.29, 1.82) is 0 Å². The van der Waals surface area contributed by atoms with Crippen molar-refractivity contribution in [3.63, 3.8) is 0 Å². The van der Waals surface area contributed by atoms with Crippen molar-refractivity contribution in [1.82, 2.24) is 24.7 Å². The number of nitrogens with zero attached hydrogens (tertiary/aromatic N) is 5. The van der Waals surface area contributed by atoms with E-state index in [1.807, 2.05) is 18.2 Å². The summed E-state index contributed by atoms with van der Waals surface area (Å²) in [5, 5.41) is 8.58. The average Bonchev–Trinajstić information content (AvgIpc) is 3.41. The Morgan fingerprint density at radius 1 is 1.11 bits per heavy atom. The first-order valence-corrected chi connectivity index (χ1v) is 9.63. The first-order valence-electron chi connectivity index (χ1n) is 8.82. The summed E-state index contributed by atoms with van der Waals surface area (Å²) in [4.78, 5) is 15.5. The number of anilines is 1. The molecule has 0 saturated heterocycles. The molecule has 0 aliphatic heterocycles. The van der Waals surface area contributed by atoms with Crippen molar-refractivity contribution in [2.45, 2.75) is 19.9 Å². The minimum atomic E-state index is 0.490. The van der Waals surface area contributed by atoms with Gasteiger partial charge in [-0.1, -0.05) is 13.0 Å². The summed E-state index contributed by atoms with van der Waals surface area (Å²) in [7, 11) is 3.26. The van der Waals surface area contributed by atoms with Gasteiger partial charge in [-0.15, -0.1) is 11.3 Å². The van der Waals surface area contributed by atoms with Crippen molar-refractivity contribution in [2.75, 3.05) is 19.5 Å². The summed E-state index contributed by atoms with van der Waals surface area (Å²) in [5.74, 6) is 2.65. The number of hydrogen-bond acceptors (Lipinski definition) is 8. The van der Waals surface area contributed by atoms with Gasteiger partial charge in [-0.3, -0.25) is 0 Å². The van der Waals surface area contributed by atoms with Gasteiger partial charge in [0.25, 0.3) is 5.95 Å². The second-order valence-corrected chi connectivity index (χ2v) is 7.16. The zero-order valence-corrected chi connectivity index (χ0v) is 16.7. The van der Waals surface area contributed by atoms with Gasteiger partial charge in [0.05, 0.1) is 19.6 Å². The molecule has 0 radical (unpaired) electrons. The van der Waals surface area contributed by atoms with E-state index >= 15 is 0 Å². The Hall–Kier alpha value is -3.20. The predicted molar refractivity (Wildman–Crippen MR) is 109 cm³/mol. The van der Waals surface area contributed by atoms with Crippen molar-refractivity contribution in [3.05, 3.63) is 47.4 Å². The van der Waals surface area contributed by atoms with Crippen molar-refractivity contribution in [3.8, 4) is 17.4 Å². The molecular weight excluding hydrogens is 376 g/mol. The Morgan fingerprint density at radius 3 is 2.68 bits per heavy atom. The molecular formula is C19H20N6O2S. The molecule has 0 unspecified atom stereocenters. The van der Waals surface area contributed by atoms with Crippen LogP contribution in [0.2, 0.25) is 0 Å². The standard InChI is InChI=1S/C19H20N6O2S/c1-4-13-8-14-17(21-9-12-5-6-15(26-2)16(7-12)27-3)23-19(24-18(14)28-13)25-11-20-10-22-25/h5-8,10-11H,4,9H2,1-3H3,(H,21,23,24). The Morgan fingerprint density at radius 2 is 1.96 bits per heavy atom. The molecule has 0 aliphatic carbocycles. The molecule has 144 valence electrons. The predicted octanol–water partition coefficient (Wildman–Crippen LogP) is 3.46. The van der Waals surface area contributed by atoms with E-state index in [-0.39, 0.29) is 0 Å². The first-order chi connectivity index (χ1) is 13.7. The fraction of sp³-hybridized carbons (Fsp3) is 0.263. The lowest BCUT2D eigenvalue weighted by atomic mass is 10.2. The Bertz CT molecular complexity index is 1090. The van der Waals surface area contributed by atoms with E-state index in [9.17, 15) is 0 Å². The SMILES string of the molecule is CCc1cc2c(NCc3ccc(OC)c(OC)c3)nc(-n3cncn3)nc2s1. The molecule has 0 amide bonds. The van der Waals surface area contributed by atoms with Gasteiger partial charge in [0.2, 0.25) is 0 Å². The molecule has 8 nitrogen and oxygen atoms in total. The summed E-state index contributed by atoms with van der Waals surface area (Å²) in [6, 6.07) is 7.98. The number of ether oxygens (including phenoxy) is 2. The molecule has 0 fully saturated rings. The van der Waals surface area contributed by atoms with E-state index in [0.29, 0.717) is 24.0 Å². The normalized spacial score (nSPS) is 11.0. The summed E-state index contributed by atoms with van der Waals surface area (Å²) < 4.78 is 12.3. The Kier molecular flexibility index (Phi) is 5.07. The molecule has 28 heavy (non-hydrogen) atoms.